The molecule has 3 aromatic heterocycles. The van der Waals surface area contributed by atoms with E-state index in [1.54, 1.807) is 0 Å². The standard InChI is InChI=1S/C21H14N2/c1-22-16-10-3-2-7-13(16)19-20(22)15-9-6-8-14-17-11-4-5-12-23(17)21(19)18(14)15/h2-12H,1H3. The monoisotopic (exact) mass is 294 g/mol. The van der Waals surface area contributed by atoms with E-state index in [4.69, 9.17) is 0 Å². The normalized spacial score (nSPS) is 12.6. The first-order chi connectivity index (χ1) is 11.4. The van der Waals surface area contributed by atoms with E-state index >= 15 is 0 Å². The molecule has 5 aromatic rings. The smallest absolute Gasteiger partial charge is 0.0642 e. The summed E-state index contributed by atoms with van der Waals surface area (Å²) in [5, 5.41) is 4.08. The molecule has 2 nitrogen and oxygen atoms in total. The molecule has 0 bridgehead atoms. The van der Waals surface area contributed by atoms with E-state index in [2.05, 4.69) is 82.9 Å². The van der Waals surface area contributed by atoms with Crippen molar-refractivity contribution >= 4 is 27.2 Å². The van der Waals surface area contributed by atoms with Crippen molar-refractivity contribution in [2.45, 2.75) is 0 Å². The number of aromatic nitrogens is 2. The maximum atomic E-state index is 2.35. The Hall–Kier alpha value is -3.00. The van der Waals surface area contributed by atoms with Crippen LogP contribution in [0.5, 0.6) is 0 Å². The highest BCUT2D eigenvalue weighted by Crippen LogP contribution is 2.52. The summed E-state index contributed by atoms with van der Waals surface area (Å²) in [7, 11) is 2.18. The maximum absolute atomic E-state index is 2.35. The van der Waals surface area contributed by atoms with E-state index in [9.17, 15) is 0 Å². The zero-order chi connectivity index (χ0) is 15.1. The highest BCUT2D eigenvalue weighted by atomic mass is 15.0. The van der Waals surface area contributed by atoms with E-state index in [0.717, 1.165) is 0 Å². The van der Waals surface area contributed by atoms with Gasteiger partial charge in [-0.2, -0.15) is 0 Å². The largest absolute Gasteiger partial charge is 0.343 e. The number of hydrogen-bond acceptors (Lipinski definition) is 0. The van der Waals surface area contributed by atoms with Crippen LogP contribution in [-0.2, 0) is 7.05 Å². The number of benzene rings is 2. The Balaban J connectivity index is 1.99. The van der Waals surface area contributed by atoms with Crippen LogP contribution in [-0.4, -0.2) is 8.97 Å². The van der Waals surface area contributed by atoms with Crippen LogP contribution in [0.3, 0.4) is 0 Å². The Bertz CT molecular complexity index is 1270. The second-order valence-corrected chi connectivity index (χ2v) is 6.33. The van der Waals surface area contributed by atoms with Gasteiger partial charge in [0.1, 0.15) is 0 Å². The van der Waals surface area contributed by atoms with Gasteiger partial charge in [0.2, 0.25) is 0 Å². The molecule has 0 unspecified atom stereocenters. The molecule has 2 heteroatoms. The summed E-state index contributed by atoms with van der Waals surface area (Å²) in [6, 6.07) is 21.8. The number of hydrogen-bond donors (Lipinski definition) is 0. The van der Waals surface area contributed by atoms with Crippen LogP contribution in [0.4, 0.5) is 0 Å². The molecule has 6 rings (SSSR count). The van der Waals surface area contributed by atoms with Gasteiger partial charge in [0.15, 0.2) is 0 Å². The average molecular weight is 294 g/mol. The van der Waals surface area contributed by atoms with Crippen LogP contribution >= 0.6 is 0 Å². The Morgan fingerprint density at radius 3 is 2.43 bits per heavy atom. The molecule has 0 N–H and O–H groups in total. The van der Waals surface area contributed by atoms with E-state index in [1.807, 2.05) is 0 Å². The Morgan fingerprint density at radius 1 is 0.696 bits per heavy atom. The fraction of sp³-hybridized carbons (Fsp3) is 0.0476. The average Bonchev–Trinajstić information content (AvgIpc) is 3.21. The molecule has 0 radical (unpaired) electrons. The van der Waals surface area contributed by atoms with Gasteiger partial charge in [0.25, 0.3) is 0 Å². The van der Waals surface area contributed by atoms with Crippen molar-refractivity contribution in [3.63, 3.8) is 0 Å². The van der Waals surface area contributed by atoms with Crippen molar-refractivity contribution in [2.75, 3.05) is 0 Å². The third kappa shape index (κ3) is 1.15. The lowest BCUT2D eigenvalue weighted by Crippen LogP contribution is -1.90. The predicted molar refractivity (Wildman–Crippen MR) is 95.8 cm³/mol. The topological polar surface area (TPSA) is 9.34 Å². The third-order valence-electron chi connectivity index (χ3n) is 5.28. The molecule has 0 saturated heterocycles. The number of fused-ring (bicyclic) bond motifs is 8. The molecule has 1 aliphatic rings. The Morgan fingerprint density at radius 2 is 1.48 bits per heavy atom. The fourth-order valence-electron chi connectivity index (χ4n) is 4.39. The molecule has 1 aliphatic carbocycles. The van der Waals surface area contributed by atoms with Gasteiger partial charge >= 0.3 is 0 Å². The molecule has 3 heterocycles. The highest BCUT2D eigenvalue weighted by molar-refractivity contribution is 6.24. The molecular weight excluding hydrogens is 280 g/mol. The highest BCUT2D eigenvalue weighted by Gasteiger charge is 2.30. The molecule has 0 aliphatic heterocycles. The molecular formula is C21H14N2. The van der Waals surface area contributed by atoms with Crippen molar-refractivity contribution in [1.82, 2.24) is 8.97 Å². The van der Waals surface area contributed by atoms with Gasteiger partial charge in [-0.3, -0.25) is 0 Å². The van der Waals surface area contributed by atoms with Crippen molar-refractivity contribution in [3.8, 4) is 22.5 Å². The van der Waals surface area contributed by atoms with Gasteiger partial charge in [0, 0.05) is 46.0 Å². The van der Waals surface area contributed by atoms with Gasteiger partial charge in [-0.05, 0) is 18.2 Å². The minimum atomic E-state index is 1.29. The fourth-order valence-corrected chi connectivity index (χ4v) is 4.39. The zero-order valence-corrected chi connectivity index (χ0v) is 12.7. The first-order valence-corrected chi connectivity index (χ1v) is 7.96. The lowest BCUT2D eigenvalue weighted by Gasteiger charge is -2.04. The van der Waals surface area contributed by atoms with Gasteiger partial charge in [0.05, 0.1) is 16.9 Å². The zero-order valence-electron chi connectivity index (χ0n) is 12.7. The summed E-state index contributed by atoms with van der Waals surface area (Å²) >= 11 is 0. The second-order valence-electron chi connectivity index (χ2n) is 6.33. The van der Waals surface area contributed by atoms with E-state index in [0.29, 0.717) is 0 Å². The lowest BCUT2D eigenvalue weighted by molar-refractivity contribution is 0.981. The van der Waals surface area contributed by atoms with Crippen molar-refractivity contribution < 1.29 is 0 Å². The number of para-hydroxylation sites is 1. The van der Waals surface area contributed by atoms with Crippen LogP contribution in [0.1, 0.15) is 0 Å². The summed E-state index contributed by atoms with van der Waals surface area (Å²) in [4.78, 5) is 0. The second kappa shape index (κ2) is 3.66. The predicted octanol–water partition coefficient (Wildman–Crippen LogP) is 5.23. The van der Waals surface area contributed by atoms with Crippen molar-refractivity contribution in [1.29, 1.82) is 0 Å². The minimum Gasteiger partial charge on any atom is -0.343 e. The molecule has 0 amide bonds. The Kier molecular flexibility index (Phi) is 1.84. The molecule has 108 valence electrons. The Labute approximate surface area is 133 Å². The summed E-state index contributed by atoms with van der Waals surface area (Å²) in [6.45, 7) is 0. The molecule has 0 fully saturated rings. The number of pyridine rings is 1. The van der Waals surface area contributed by atoms with Crippen LogP contribution in [0, 0.1) is 0 Å². The molecule has 0 atom stereocenters. The minimum absolute atomic E-state index is 1.29. The van der Waals surface area contributed by atoms with Gasteiger partial charge in [-0.1, -0.05) is 42.5 Å². The van der Waals surface area contributed by atoms with Gasteiger partial charge in [-0.25, -0.2) is 0 Å². The summed E-state index contributed by atoms with van der Waals surface area (Å²) in [5.74, 6) is 0. The molecule has 2 aromatic carbocycles. The maximum Gasteiger partial charge on any atom is 0.0642 e. The van der Waals surface area contributed by atoms with Gasteiger partial charge < -0.3 is 8.97 Å². The van der Waals surface area contributed by atoms with Crippen LogP contribution in [0.25, 0.3) is 49.7 Å². The van der Waals surface area contributed by atoms with Gasteiger partial charge in [-0.15, -0.1) is 0 Å². The third-order valence-corrected chi connectivity index (χ3v) is 5.28. The molecule has 23 heavy (non-hydrogen) atoms. The molecule has 0 saturated carbocycles. The SMILES string of the molecule is Cn1c2c(c3ccccc31)-c1c3c-2cccc3c2ccccn12. The first kappa shape index (κ1) is 11.6. The lowest BCUT2D eigenvalue weighted by atomic mass is 10.1. The summed E-state index contributed by atoms with van der Waals surface area (Å²) < 4.78 is 4.70. The van der Waals surface area contributed by atoms with E-state index in [-0.39, 0.29) is 0 Å². The quantitative estimate of drug-likeness (QED) is 0.363. The van der Waals surface area contributed by atoms with Crippen LogP contribution in [0.2, 0.25) is 0 Å². The number of rotatable bonds is 0. The number of nitrogens with zero attached hydrogens (tertiary/aromatic N) is 2. The van der Waals surface area contributed by atoms with Crippen LogP contribution < -0.4 is 0 Å². The van der Waals surface area contributed by atoms with Crippen molar-refractivity contribution in [3.05, 3.63) is 66.9 Å². The van der Waals surface area contributed by atoms with Crippen LogP contribution in [0.15, 0.2) is 66.9 Å². The summed E-state index contributed by atoms with van der Waals surface area (Å²) in [6.07, 6.45) is 2.19. The number of aryl methyl sites for hydroxylation is 1. The van der Waals surface area contributed by atoms with E-state index in [1.165, 1.54) is 49.7 Å². The van der Waals surface area contributed by atoms with Crippen molar-refractivity contribution in [2.24, 2.45) is 7.05 Å². The summed E-state index contributed by atoms with van der Waals surface area (Å²) in [5.41, 5.74) is 8.01. The van der Waals surface area contributed by atoms with E-state index < -0.39 is 0 Å². The molecule has 0 spiro atoms. The first-order valence-electron chi connectivity index (χ1n) is 7.96.